The third kappa shape index (κ3) is 3.19. The fourth-order valence-corrected chi connectivity index (χ4v) is 3.05. The van der Waals surface area contributed by atoms with Crippen molar-refractivity contribution >= 4 is 11.6 Å². The van der Waals surface area contributed by atoms with Crippen molar-refractivity contribution in [2.75, 3.05) is 27.1 Å². The minimum absolute atomic E-state index is 0.168. The lowest BCUT2D eigenvalue weighted by atomic mass is 10.1. The van der Waals surface area contributed by atoms with Crippen molar-refractivity contribution in [3.63, 3.8) is 0 Å². The number of amides is 1. The van der Waals surface area contributed by atoms with Crippen molar-refractivity contribution in [3.8, 4) is 22.6 Å². The molecule has 2 aromatic heterocycles. The van der Waals surface area contributed by atoms with Gasteiger partial charge in [-0.1, -0.05) is 6.07 Å². The second kappa shape index (κ2) is 7.24. The largest absolute Gasteiger partial charge is 0.454 e. The molecule has 1 N–H and O–H groups in total. The van der Waals surface area contributed by atoms with E-state index in [-0.39, 0.29) is 12.7 Å². The first-order valence-electron chi connectivity index (χ1n) is 8.69. The Bertz CT molecular complexity index is 999. The van der Waals surface area contributed by atoms with E-state index in [2.05, 4.69) is 15.4 Å². The Labute approximate surface area is 156 Å². The highest BCUT2D eigenvalue weighted by Gasteiger charge is 2.18. The van der Waals surface area contributed by atoms with E-state index in [9.17, 15) is 4.79 Å². The summed E-state index contributed by atoms with van der Waals surface area (Å²) in [6.45, 7) is 3.24. The van der Waals surface area contributed by atoms with E-state index >= 15 is 0 Å². The minimum atomic E-state index is -0.168. The second-order valence-electron chi connectivity index (χ2n) is 6.22. The van der Waals surface area contributed by atoms with Gasteiger partial charge in [0.25, 0.3) is 5.91 Å². The fourth-order valence-electron chi connectivity index (χ4n) is 3.05. The average Bonchev–Trinajstić information content (AvgIpc) is 3.31. The molecule has 0 atom stereocenters. The number of aryl methyl sites for hydroxylation is 1. The number of fused-ring (bicyclic) bond motifs is 2. The topological polar surface area (TPSA) is 87.0 Å². The smallest absolute Gasteiger partial charge is 0.254 e. The first-order valence-corrected chi connectivity index (χ1v) is 8.69. The lowest BCUT2D eigenvalue weighted by molar-refractivity contribution is 0.0947. The monoisotopic (exact) mass is 368 g/mol. The Morgan fingerprint density at radius 2 is 2.15 bits per heavy atom. The van der Waals surface area contributed by atoms with Crippen molar-refractivity contribution < 1.29 is 19.0 Å². The van der Waals surface area contributed by atoms with Crippen LogP contribution in [0.4, 0.5) is 0 Å². The van der Waals surface area contributed by atoms with Gasteiger partial charge in [0.15, 0.2) is 17.1 Å². The van der Waals surface area contributed by atoms with Crippen LogP contribution in [0.3, 0.4) is 0 Å². The van der Waals surface area contributed by atoms with E-state index in [1.54, 1.807) is 24.0 Å². The SMILES string of the molecule is COCCCNC(=O)c1cnc2c(-c3ccc4c(c3)OCO4)cnn2c1C. The Balaban J connectivity index is 1.63. The molecule has 0 radical (unpaired) electrons. The summed E-state index contributed by atoms with van der Waals surface area (Å²) < 4.78 is 17.5. The van der Waals surface area contributed by atoms with Crippen LogP contribution < -0.4 is 14.8 Å². The third-order valence-corrected chi connectivity index (χ3v) is 4.51. The van der Waals surface area contributed by atoms with Crippen LogP contribution in [0.25, 0.3) is 16.8 Å². The Hall–Kier alpha value is -3.13. The Morgan fingerprint density at radius 3 is 3.00 bits per heavy atom. The highest BCUT2D eigenvalue weighted by molar-refractivity contribution is 5.95. The summed E-state index contributed by atoms with van der Waals surface area (Å²) in [5.74, 6) is 1.26. The van der Waals surface area contributed by atoms with Gasteiger partial charge in [-0.15, -0.1) is 0 Å². The van der Waals surface area contributed by atoms with Gasteiger partial charge in [-0.05, 0) is 31.0 Å². The molecule has 0 saturated carbocycles. The number of hydrogen-bond acceptors (Lipinski definition) is 6. The predicted molar refractivity (Wildman–Crippen MR) is 98.1 cm³/mol. The molecule has 4 rings (SSSR count). The molecule has 8 nitrogen and oxygen atoms in total. The number of aromatic nitrogens is 3. The molecule has 1 amide bonds. The molecule has 27 heavy (non-hydrogen) atoms. The van der Waals surface area contributed by atoms with Crippen molar-refractivity contribution in [2.24, 2.45) is 0 Å². The van der Waals surface area contributed by atoms with Gasteiger partial charge in [0.05, 0.1) is 17.5 Å². The molecule has 0 unspecified atom stereocenters. The van der Waals surface area contributed by atoms with Gasteiger partial charge in [-0.25, -0.2) is 9.50 Å². The standard InChI is InChI=1S/C19H20N4O4/c1-12-14(19(24)20-6-3-7-25-2)9-21-18-15(10-22-23(12)18)13-4-5-16-17(8-13)27-11-26-16/h4-5,8-10H,3,6-7,11H2,1-2H3,(H,20,24). The first kappa shape index (κ1) is 17.3. The lowest BCUT2D eigenvalue weighted by Gasteiger charge is -2.09. The van der Waals surface area contributed by atoms with Gasteiger partial charge >= 0.3 is 0 Å². The maximum Gasteiger partial charge on any atom is 0.254 e. The normalized spacial score (nSPS) is 12.5. The van der Waals surface area contributed by atoms with Crippen LogP contribution in [0.15, 0.2) is 30.6 Å². The van der Waals surface area contributed by atoms with Crippen LogP contribution in [-0.2, 0) is 4.74 Å². The number of carbonyl (C=O) groups is 1. The molecule has 1 aliphatic heterocycles. The van der Waals surface area contributed by atoms with E-state index < -0.39 is 0 Å². The zero-order valence-corrected chi connectivity index (χ0v) is 15.2. The van der Waals surface area contributed by atoms with Crippen molar-refractivity contribution in [1.29, 1.82) is 0 Å². The molecule has 3 heterocycles. The Morgan fingerprint density at radius 1 is 1.30 bits per heavy atom. The summed E-state index contributed by atoms with van der Waals surface area (Å²) in [5.41, 5.74) is 3.71. The van der Waals surface area contributed by atoms with Gasteiger partial charge in [0.1, 0.15) is 0 Å². The molecule has 1 aliphatic rings. The van der Waals surface area contributed by atoms with Crippen LogP contribution in [0.2, 0.25) is 0 Å². The van der Waals surface area contributed by atoms with Gasteiger partial charge in [-0.3, -0.25) is 4.79 Å². The number of nitrogens with zero attached hydrogens (tertiary/aromatic N) is 3. The molecule has 0 saturated heterocycles. The van der Waals surface area contributed by atoms with Gasteiger partial charge < -0.3 is 19.5 Å². The molecule has 140 valence electrons. The van der Waals surface area contributed by atoms with E-state index in [0.29, 0.717) is 30.1 Å². The van der Waals surface area contributed by atoms with Crippen molar-refractivity contribution in [3.05, 3.63) is 41.9 Å². The van der Waals surface area contributed by atoms with Crippen molar-refractivity contribution in [2.45, 2.75) is 13.3 Å². The predicted octanol–water partition coefficient (Wildman–Crippen LogP) is 2.20. The highest BCUT2D eigenvalue weighted by atomic mass is 16.7. The number of rotatable bonds is 6. The average molecular weight is 368 g/mol. The summed E-state index contributed by atoms with van der Waals surface area (Å²) in [7, 11) is 1.64. The number of nitrogens with one attached hydrogen (secondary N) is 1. The number of methoxy groups -OCH3 is 1. The summed E-state index contributed by atoms with van der Waals surface area (Å²) >= 11 is 0. The van der Waals surface area contributed by atoms with E-state index in [1.807, 2.05) is 25.1 Å². The summed E-state index contributed by atoms with van der Waals surface area (Å²) in [4.78, 5) is 16.9. The lowest BCUT2D eigenvalue weighted by Crippen LogP contribution is -2.26. The van der Waals surface area contributed by atoms with Gasteiger partial charge in [0.2, 0.25) is 6.79 Å². The molecular formula is C19H20N4O4. The molecule has 0 fully saturated rings. The molecular weight excluding hydrogens is 348 g/mol. The summed E-state index contributed by atoms with van der Waals surface area (Å²) in [5, 5.41) is 7.30. The molecule has 3 aromatic rings. The number of ether oxygens (including phenoxy) is 3. The number of hydrogen-bond donors (Lipinski definition) is 1. The molecule has 1 aromatic carbocycles. The van der Waals surface area contributed by atoms with E-state index in [1.165, 1.54) is 0 Å². The summed E-state index contributed by atoms with van der Waals surface area (Å²) in [6.07, 6.45) is 4.09. The fraction of sp³-hybridized carbons (Fsp3) is 0.316. The maximum atomic E-state index is 12.4. The summed E-state index contributed by atoms with van der Waals surface area (Å²) in [6, 6.07) is 5.72. The zero-order chi connectivity index (χ0) is 18.8. The van der Waals surface area contributed by atoms with E-state index in [0.717, 1.165) is 29.0 Å². The maximum absolute atomic E-state index is 12.4. The van der Waals surface area contributed by atoms with Gasteiger partial charge in [-0.2, -0.15) is 5.10 Å². The first-order chi connectivity index (χ1) is 13.2. The van der Waals surface area contributed by atoms with E-state index in [4.69, 9.17) is 14.2 Å². The molecule has 8 heteroatoms. The van der Waals surface area contributed by atoms with Crippen LogP contribution in [0.1, 0.15) is 22.5 Å². The quantitative estimate of drug-likeness (QED) is 0.671. The second-order valence-corrected chi connectivity index (χ2v) is 6.22. The van der Waals surface area contributed by atoms with Crippen molar-refractivity contribution in [1.82, 2.24) is 19.9 Å². The Kier molecular flexibility index (Phi) is 4.64. The molecule has 0 bridgehead atoms. The number of carbonyl (C=O) groups excluding carboxylic acids is 1. The number of benzene rings is 1. The highest BCUT2D eigenvalue weighted by Crippen LogP contribution is 2.36. The zero-order valence-electron chi connectivity index (χ0n) is 15.2. The molecule has 0 aliphatic carbocycles. The van der Waals surface area contributed by atoms with Gasteiger partial charge in [0, 0.05) is 32.0 Å². The minimum Gasteiger partial charge on any atom is -0.454 e. The van der Waals surface area contributed by atoms with Crippen LogP contribution in [0, 0.1) is 6.92 Å². The van der Waals surface area contributed by atoms with Crippen LogP contribution in [-0.4, -0.2) is 47.6 Å². The molecule has 0 spiro atoms. The third-order valence-electron chi connectivity index (χ3n) is 4.51. The van der Waals surface area contributed by atoms with Crippen LogP contribution in [0.5, 0.6) is 11.5 Å². The van der Waals surface area contributed by atoms with Crippen LogP contribution >= 0.6 is 0 Å².